The quantitative estimate of drug-likeness (QED) is 0.866. The summed E-state index contributed by atoms with van der Waals surface area (Å²) in [5.41, 5.74) is -0.786. The Kier molecular flexibility index (Phi) is 3.83. The molecule has 23 heavy (non-hydrogen) atoms. The maximum absolute atomic E-state index is 13.8. The molecule has 2 fully saturated rings. The SMILES string of the molecule is O=C(Cc1ccc(C(=O)O)cc1)NC[C@]12OCCC[C@H]1C2(F)F. The lowest BCUT2D eigenvalue weighted by molar-refractivity contribution is -0.122. The number of carboxylic acid groups (broad SMARTS) is 1. The highest BCUT2D eigenvalue weighted by atomic mass is 19.3. The number of fused-ring (bicyclic) bond motifs is 1. The molecule has 0 spiro atoms. The largest absolute Gasteiger partial charge is 0.478 e. The zero-order chi connectivity index (χ0) is 16.7. The van der Waals surface area contributed by atoms with Gasteiger partial charge in [0.05, 0.1) is 24.4 Å². The van der Waals surface area contributed by atoms with Crippen LogP contribution in [0.4, 0.5) is 8.78 Å². The van der Waals surface area contributed by atoms with Crippen LogP contribution in [0.15, 0.2) is 24.3 Å². The van der Waals surface area contributed by atoms with E-state index in [0.29, 0.717) is 25.0 Å². The molecular weight excluding hydrogens is 308 g/mol. The highest BCUT2D eigenvalue weighted by Crippen LogP contribution is 2.64. The molecule has 2 atom stereocenters. The Balaban J connectivity index is 1.55. The Bertz CT molecular complexity index is 631. The Morgan fingerprint density at radius 1 is 1.30 bits per heavy atom. The second-order valence-corrected chi connectivity index (χ2v) is 6.01. The number of hydrogen-bond acceptors (Lipinski definition) is 3. The molecule has 5 nitrogen and oxygen atoms in total. The van der Waals surface area contributed by atoms with Crippen molar-refractivity contribution in [3.63, 3.8) is 0 Å². The summed E-state index contributed by atoms with van der Waals surface area (Å²) in [5.74, 6) is -5.12. The molecule has 1 aliphatic heterocycles. The first-order valence-corrected chi connectivity index (χ1v) is 7.47. The van der Waals surface area contributed by atoms with E-state index in [2.05, 4.69) is 5.32 Å². The Morgan fingerprint density at radius 3 is 2.61 bits per heavy atom. The highest BCUT2D eigenvalue weighted by Gasteiger charge is 2.82. The molecule has 2 N–H and O–H groups in total. The average molecular weight is 325 g/mol. The summed E-state index contributed by atoms with van der Waals surface area (Å²) in [5, 5.41) is 11.3. The van der Waals surface area contributed by atoms with Gasteiger partial charge in [0.25, 0.3) is 5.92 Å². The summed E-state index contributed by atoms with van der Waals surface area (Å²) < 4.78 is 32.9. The van der Waals surface area contributed by atoms with Gasteiger partial charge in [-0.25, -0.2) is 13.6 Å². The molecule has 0 aromatic heterocycles. The number of nitrogens with one attached hydrogen (secondary N) is 1. The Labute approximate surface area is 131 Å². The van der Waals surface area contributed by atoms with E-state index in [1.54, 1.807) is 0 Å². The lowest BCUT2D eigenvalue weighted by atomic mass is 10.1. The average Bonchev–Trinajstić information content (AvgIpc) is 3.03. The van der Waals surface area contributed by atoms with Gasteiger partial charge in [-0.1, -0.05) is 12.1 Å². The van der Waals surface area contributed by atoms with Gasteiger partial charge in [-0.15, -0.1) is 0 Å². The molecule has 1 aliphatic carbocycles. The number of ether oxygens (including phenoxy) is 1. The van der Waals surface area contributed by atoms with E-state index >= 15 is 0 Å². The van der Waals surface area contributed by atoms with Gasteiger partial charge in [0.15, 0.2) is 5.60 Å². The molecule has 1 aromatic rings. The molecule has 1 heterocycles. The number of carbonyl (C=O) groups excluding carboxylic acids is 1. The van der Waals surface area contributed by atoms with Crippen molar-refractivity contribution in [2.75, 3.05) is 13.2 Å². The van der Waals surface area contributed by atoms with Gasteiger partial charge in [-0.2, -0.15) is 0 Å². The van der Waals surface area contributed by atoms with Crippen LogP contribution in [-0.2, 0) is 16.0 Å². The number of amides is 1. The molecule has 1 amide bonds. The fourth-order valence-electron chi connectivity index (χ4n) is 3.19. The maximum atomic E-state index is 13.8. The van der Waals surface area contributed by atoms with Gasteiger partial charge in [0, 0.05) is 6.61 Å². The van der Waals surface area contributed by atoms with Crippen molar-refractivity contribution >= 4 is 11.9 Å². The summed E-state index contributed by atoms with van der Waals surface area (Å²) in [6.07, 6.45) is 1.04. The Morgan fingerprint density at radius 2 is 2.00 bits per heavy atom. The minimum Gasteiger partial charge on any atom is -0.478 e. The Hall–Kier alpha value is -2.02. The van der Waals surface area contributed by atoms with E-state index < -0.39 is 29.3 Å². The molecule has 1 saturated heterocycles. The highest BCUT2D eigenvalue weighted by molar-refractivity contribution is 5.87. The summed E-state index contributed by atoms with van der Waals surface area (Å²) in [4.78, 5) is 22.7. The van der Waals surface area contributed by atoms with Crippen molar-refractivity contribution in [2.45, 2.75) is 30.8 Å². The molecule has 0 unspecified atom stereocenters. The number of rotatable bonds is 5. The van der Waals surface area contributed by atoms with Crippen molar-refractivity contribution in [1.29, 1.82) is 0 Å². The van der Waals surface area contributed by atoms with Crippen LogP contribution in [0.5, 0.6) is 0 Å². The predicted molar refractivity (Wildman–Crippen MR) is 76.5 cm³/mol. The topological polar surface area (TPSA) is 75.6 Å². The first-order valence-electron chi connectivity index (χ1n) is 7.47. The van der Waals surface area contributed by atoms with Gasteiger partial charge in [-0.3, -0.25) is 4.79 Å². The van der Waals surface area contributed by atoms with Crippen LogP contribution in [0.1, 0.15) is 28.8 Å². The van der Waals surface area contributed by atoms with E-state index in [9.17, 15) is 18.4 Å². The number of benzene rings is 1. The molecular formula is C16H17F2NO4. The fraction of sp³-hybridized carbons (Fsp3) is 0.500. The van der Waals surface area contributed by atoms with Crippen LogP contribution < -0.4 is 5.32 Å². The number of hydrogen-bond donors (Lipinski definition) is 2. The monoisotopic (exact) mass is 325 g/mol. The zero-order valence-electron chi connectivity index (χ0n) is 12.4. The molecule has 2 aliphatic rings. The van der Waals surface area contributed by atoms with E-state index in [0.717, 1.165) is 0 Å². The minimum atomic E-state index is -2.88. The number of carboxylic acids is 1. The molecule has 0 radical (unpaired) electrons. The predicted octanol–water partition coefficient (Wildman–Crippen LogP) is 1.86. The van der Waals surface area contributed by atoms with Gasteiger partial charge in [0.2, 0.25) is 5.91 Å². The second kappa shape index (κ2) is 5.56. The van der Waals surface area contributed by atoms with Crippen LogP contribution in [-0.4, -0.2) is 41.7 Å². The van der Waals surface area contributed by atoms with Crippen LogP contribution in [0, 0.1) is 5.92 Å². The fourth-order valence-corrected chi connectivity index (χ4v) is 3.19. The van der Waals surface area contributed by atoms with E-state index in [4.69, 9.17) is 9.84 Å². The summed E-state index contributed by atoms with van der Waals surface area (Å²) in [6, 6.07) is 5.87. The third-order valence-electron chi connectivity index (χ3n) is 4.59. The van der Waals surface area contributed by atoms with Crippen LogP contribution in [0.3, 0.4) is 0 Å². The number of carbonyl (C=O) groups is 2. The molecule has 7 heteroatoms. The molecule has 1 aromatic carbocycles. The van der Waals surface area contributed by atoms with Crippen LogP contribution in [0.2, 0.25) is 0 Å². The summed E-state index contributed by atoms with van der Waals surface area (Å²) in [6.45, 7) is 0.0926. The molecule has 124 valence electrons. The zero-order valence-corrected chi connectivity index (χ0v) is 12.4. The summed E-state index contributed by atoms with van der Waals surface area (Å²) in [7, 11) is 0. The van der Waals surface area contributed by atoms with Crippen molar-refractivity contribution in [3.05, 3.63) is 35.4 Å². The molecule has 3 rings (SSSR count). The van der Waals surface area contributed by atoms with Gasteiger partial charge in [0.1, 0.15) is 0 Å². The van der Waals surface area contributed by atoms with Gasteiger partial charge in [-0.05, 0) is 30.5 Å². The van der Waals surface area contributed by atoms with E-state index in [-0.39, 0.29) is 18.5 Å². The first-order chi connectivity index (χ1) is 10.9. The first kappa shape index (κ1) is 15.9. The van der Waals surface area contributed by atoms with E-state index in [1.807, 2.05) is 0 Å². The normalized spacial score (nSPS) is 27.8. The van der Waals surface area contributed by atoms with Crippen LogP contribution in [0.25, 0.3) is 0 Å². The van der Waals surface area contributed by atoms with Crippen molar-refractivity contribution in [1.82, 2.24) is 5.32 Å². The van der Waals surface area contributed by atoms with Crippen LogP contribution >= 0.6 is 0 Å². The smallest absolute Gasteiger partial charge is 0.335 e. The summed E-state index contributed by atoms with van der Waals surface area (Å²) >= 11 is 0. The van der Waals surface area contributed by atoms with E-state index in [1.165, 1.54) is 24.3 Å². The third kappa shape index (κ3) is 2.69. The van der Waals surface area contributed by atoms with Crippen molar-refractivity contribution in [3.8, 4) is 0 Å². The molecule has 0 bridgehead atoms. The lowest BCUT2D eigenvalue weighted by Crippen LogP contribution is -2.41. The maximum Gasteiger partial charge on any atom is 0.335 e. The number of aromatic carboxylic acids is 1. The third-order valence-corrected chi connectivity index (χ3v) is 4.59. The van der Waals surface area contributed by atoms with Crippen molar-refractivity contribution in [2.24, 2.45) is 5.92 Å². The number of alkyl halides is 2. The lowest BCUT2D eigenvalue weighted by Gasteiger charge is -2.21. The number of halogens is 2. The minimum absolute atomic E-state index is 0.00617. The molecule has 1 saturated carbocycles. The standard InChI is InChI=1S/C16H17F2NO4/c17-16(18)12-2-1-7-23-15(12,16)9-19-13(20)8-10-3-5-11(6-4-10)14(21)22/h3-6,12H,1-2,7-9H2,(H,19,20)(H,21,22)/t12-,15+/m1/s1. The van der Waals surface area contributed by atoms with Crippen molar-refractivity contribution < 1.29 is 28.2 Å². The van der Waals surface area contributed by atoms with Gasteiger partial charge >= 0.3 is 5.97 Å². The van der Waals surface area contributed by atoms with Gasteiger partial charge < -0.3 is 15.2 Å². The second-order valence-electron chi connectivity index (χ2n) is 6.01.